The summed E-state index contributed by atoms with van der Waals surface area (Å²) in [5.74, 6) is 0.808. The minimum absolute atomic E-state index is 0.484. The van der Waals surface area contributed by atoms with Gasteiger partial charge in [-0.05, 0) is 32.6 Å². The molecule has 0 aromatic rings. The highest BCUT2D eigenvalue weighted by atomic mass is 15.2. The van der Waals surface area contributed by atoms with Gasteiger partial charge in [0.25, 0.3) is 0 Å². The van der Waals surface area contributed by atoms with Gasteiger partial charge in [0, 0.05) is 24.7 Å². The zero-order valence-electron chi connectivity index (χ0n) is 7.46. The van der Waals surface area contributed by atoms with Crippen LogP contribution in [-0.4, -0.2) is 29.6 Å². The molecule has 2 rings (SSSR count). The van der Waals surface area contributed by atoms with Crippen molar-refractivity contribution in [3.63, 3.8) is 0 Å². The molecule has 2 nitrogen and oxygen atoms in total. The van der Waals surface area contributed by atoms with Crippen LogP contribution in [0.1, 0.15) is 26.7 Å². The van der Waals surface area contributed by atoms with E-state index in [1.54, 1.807) is 0 Å². The SMILES string of the molecule is CC(C)N1CC2CCC1C2N. The molecule has 0 aromatic carbocycles. The maximum Gasteiger partial charge on any atom is 0.0253 e. The summed E-state index contributed by atoms with van der Waals surface area (Å²) in [6.45, 7) is 5.80. The predicted molar refractivity (Wildman–Crippen MR) is 46.3 cm³/mol. The standard InChI is InChI=1S/C9H18N2/c1-6(2)11-5-7-3-4-8(11)9(7)10/h6-9H,3-5,10H2,1-2H3. The first-order valence-electron chi connectivity index (χ1n) is 4.71. The molecule has 0 amide bonds. The minimum Gasteiger partial charge on any atom is -0.326 e. The molecule has 3 unspecified atom stereocenters. The summed E-state index contributed by atoms with van der Waals surface area (Å²) in [6, 6.07) is 1.88. The van der Waals surface area contributed by atoms with Gasteiger partial charge in [0.05, 0.1) is 0 Å². The van der Waals surface area contributed by atoms with Crippen LogP contribution in [-0.2, 0) is 0 Å². The van der Waals surface area contributed by atoms with Gasteiger partial charge in [-0.3, -0.25) is 4.90 Å². The maximum absolute atomic E-state index is 6.07. The lowest BCUT2D eigenvalue weighted by molar-refractivity contribution is 0.168. The molecule has 2 aliphatic rings. The van der Waals surface area contributed by atoms with E-state index in [1.165, 1.54) is 19.4 Å². The Morgan fingerprint density at radius 3 is 2.36 bits per heavy atom. The number of rotatable bonds is 1. The zero-order valence-corrected chi connectivity index (χ0v) is 7.46. The van der Waals surface area contributed by atoms with Crippen molar-refractivity contribution in [2.45, 2.75) is 44.8 Å². The molecule has 11 heavy (non-hydrogen) atoms. The Bertz CT molecular complexity index is 156. The van der Waals surface area contributed by atoms with E-state index in [0.717, 1.165) is 5.92 Å². The third-order valence-electron chi connectivity index (χ3n) is 3.36. The van der Waals surface area contributed by atoms with E-state index in [9.17, 15) is 0 Å². The summed E-state index contributed by atoms with van der Waals surface area (Å²) in [4.78, 5) is 2.57. The molecule has 2 fully saturated rings. The lowest BCUT2D eigenvalue weighted by Crippen LogP contribution is -2.41. The molecule has 64 valence electrons. The molecule has 2 heteroatoms. The summed E-state index contributed by atoms with van der Waals surface area (Å²) in [5, 5.41) is 0. The molecule has 0 aromatic heterocycles. The molecule has 0 radical (unpaired) electrons. The number of hydrogen-bond donors (Lipinski definition) is 1. The van der Waals surface area contributed by atoms with E-state index < -0.39 is 0 Å². The van der Waals surface area contributed by atoms with Gasteiger partial charge in [-0.2, -0.15) is 0 Å². The Morgan fingerprint density at radius 2 is 2.09 bits per heavy atom. The van der Waals surface area contributed by atoms with Crippen molar-refractivity contribution in [2.75, 3.05) is 6.54 Å². The van der Waals surface area contributed by atoms with E-state index in [4.69, 9.17) is 5.73 Å². The van der Waals surface area contributed by atoms with Gasteiger partial charge in [0.1, 0.15) is 0 Å². The average molecular weight is 154 g/mol. The molecule has 1 aliphatic carbocycles. The fraction of sp³-hybridized carbons (Fsp3) is 1.00. The smallest absolute Gasteiger partial charge is 0.0253 e. The zero-order chi connectivity index (χ0) is 8.01. The second-order valence-corrected chi connectivity index (χ2v) is 4.27. The van der Waals surface area contributed by atoms with Crippen LogP contribution >= 0.6 is 0 Å². The van der Waals surface area contributed by atoms with Crippen LogP contribution in [0.25, 0.3) is 0 Å². The number of nitrogens with two attached hydrogens (primary N) is 1. The van der Waals surface area contributed by atoms with Crippen LogP contribution in [0.2, 0.25) is 0 Å². The van der Waals surface area contributed by atoms with Crippen molar-refractivity contribution in [2.24, 2.45) is 11.7 Å². The van der Waals surface area contributed by atoms with E-state index in [0.29, 0.717) is 18.1 Å². The molecule has 1 saturated heterocycles. The quantitative estimate of drug-likeness (QED) is 0.606. The fourth-order valence-electron chi connectivity index (χ4n) is 2.68. The summed E-state index contributed by atoms with van der Waals surface area (Å²) < 4.78 is 0. The van der Waals surface area contributed by atoms with Crippen LogP contribution in [0, 0.1) is 5.92 Å². The van der Waals surface area contributed by atoms with Gasteiger partial charge in [0.2, 0.25) is 0 Å². The topological polar surface area (TPSA) is 29.3 Å². The van der Waals surface area contributed by atoms with Crippen LogP contribution in [0.4, 0.5) is 0 Å². The third kappa shape index (κ3) is 1.00. The highest BCUT2D eigenvalue weighted by Gasteiger charge is 2.45. The van der Waals surface area contributed by atoms with Crippen LogP contribution < -0.4 is 5.73 Å². The van der Waals surface area contributed by atoms with Crippen molar-refractivity contribution in [1.82, 2.24) is 4.90 Å². The van der Waals surface area contributed by atoms with Gasteiger partial charge in [-0.25, -0.2) is 0 Å². The second-order valence-electron chi connectivity index (χ2n) is 4.27. The maximum atomic E-state index is 6.07. The third-order valence-corrected chi connectivity index (χ3v) is 3.36. The van der Waals surface area contributed by atoms with Crippen molar-refractivity contribution in [3.05, 3.63) is 0 Å². The summed E-state index contributed by atoms with van der Waals surface area (Å²) in [7, 11) is 0. The van der Waals surface area contributed by atoms with Crippen molar-refractivity contribution in [1.29, 1.82) is 0 Å². The van der Waals surface area contributed by atoms with Crippen molar-refractivity contribution < 1.29 is 0 Å². The van der Waals surface area contributed by atoms with E-state index >= 15 is 0 Å². The summed E-state index contributed by atoms with van der Waals surface area (Å²) in [5.41, 5.74) is 6.07. The Balaban J connectivity index is 2.09. The van der Waals surface area contributed by atoms with Gasteiger partial charge >= 0.3 is 0 Å². The first-order chi connectivity index (χ1) is 5.20. The molecular formula is C9H18N2. The number of likely N-dealkylation sites (tertiary alicyclic amines) is 1. The highest BCUT2D eigenvalue weighted by molar-refractivity contribution is 5.02. The van der Waals surface area contributed by atoms with Gasteiger partial charge in [-0.1, -0.05) is 0 Å². The second kappa shape index (κ2) is 2.46. The largest absolute Gasteiger partial charge is 0.326 e. The van der Waals surface area contributed by atoms with E-state index in [1.807, 2.05) is 0 Å². The highest BCUT2D eigenvalue weighted by Crippen LogP contribution is 2.37. The van der Waals surface area contributed by atoms with E-state index in [2.05, 4.69) is 18.7 Å². The number of nitrogens with zero attached hydrogens (tertiary/aromatic N) is 1. The molecule has 1 aliphatic heterocycles. The number of hydrogen-bond acceptors (Lipinski definition) is 2. The van der Waals surface area contributed by atoms with Gasteiger partial charge < -0.3 is 5.73 Å². The molecule has 3 atom stereocenters. The molecular weight excluding hydrogens is 136 g/mol. The van der Waals surface area contributed by atoms with Crippen molar-refractivity contribution >= 4 is 0 Å². The number of fused-ring (bicyclic) bond motifs is 2. The fourth-order valence-corrected chi connectivity index (χ4v) is 2.68. The summed E-state index contributed by atoms with van der Waals surface area (Å²) in [6.07, 6.45) is 2.71. The lowest BCUT2D eigenvalue weighted by Gasteiger charge is -2.30. The molecule has 2 N–H and O–H groups in total. The van der Waals surface area contributed by atoms with Crippen LogP contribution in [0.3, 0.4) is 0 Å². The average Bonchev–Trinajstić information content (AvgIpc) is 2.46. The molecule has 2 bridgehead atoms. The Labute approximate surface area is 68.7 Å². The normalized spacial score (nSPS) is 44.2. The van der Waals surface area contributed by atoms with E-state index in [-0.39, 0.29) is 0 Å². The minimum atomic E-state index is 0.484. The first kappa shape index (κ1) is 7.56. The summed E-state index contributed by atoms with van der Waals surface area (Å²) >= 11 is 0. The first-order valence-corrected chi connectivity index (χ1v) is 4.71. The van der Waals surface area contributed by atoms with Crippen LogP contribution in [0.15, 0.2) is 0 Å². The van der Waals surface area contributed by atoms with Gasteiger partial charge in [-0.15, -0.1) is 0 Å². The molecule has 1 saturated carbocycles. The van der Waals surface area contributed by atoms with Crippen molar-refractivity contribution in [3.8, 4) is 0 Å². The Morgan fingerprint density at radius 1 is 1.36 bits per heavy atom. The van der Waals surface area contributed by atoms with Crippen LogP contribution in [0.5, 0.6) is 0 Å². The Hall–Kier alpha value is -0.0800. The monoisotopic (exact) mass is 154 g/mol. The molecule has 0 spiro atoms. The Kier molecular flexibility index (Phi) is 1.69. The molecule has 1 heterocycles. The van der Waals surface area contributed by atoms with Gasteiger partial charge in [0.15, 0.2) is 0 Å². The lowest BCUT2D eigenvalue weighted by atomic mass is 10.1. The predicted octanol–water partition coefficient (Wildman–Crippen LogP) is 0.816. The number of piperidine rings is 1.